The number of hydrogen-bond acceptors (Lipinski definition) is 8. The Morgan fingerprint density at radius 2 is 1.97 bits per heavy atom. The Morgan fingerprint density at radius 1 is 1.30 bits per heavy atom. The van der Waals surface area contributed by atoms with Crippen LogP contribution in [0.25, 0.3) is 0 Å². The second-order valence-corrected chi connectivity index (χ2v) is 7.42. The molecule has 0 unspecified atom stereocenters. The predicted octanol–water partition coefficient (Wildman–Crippen LogP) is -0.106. The van der Waals surface area contributed by atoms with E-state index in [0.29, 0.717) is 0 Å². The fourth-order valence-electron chi connectivity index (χ4n) is 2.94. The normalized spacial score (nSPS) is 24.9. The highest BCUT2D eigenvalue weighted by atomic mass is 16.6. The van der Waals surface area contributed by atoms with Gasteiger partial charge in [0.05, 0.1) is 11.8 Å². The van der Waals surface area contributed by atoms with Crippen LogP contribution in [0.2, 0.25) is 0 Å². The van der Waals surface area contributed by atoms with Crippen molar-refractivity contribution in [3.05, 3.63) is 22.1 Å². The summed E-state index contributed by atoms with van der Waals surface area (Å²) < 4.78 is 17.1. The largest absolute Gasteiger partial charge is 0.463 e. The van der Waals surface area contributed by atoms with Crippen molar-refractivity contribution in [1.82, 2.24) is 15.1 Å². The molecule has 1 amide bonds. The Balaban J connectivity index is 2.23. The topological polar surface area (TPSA) is 146 Å². The first kappa shape index (κ1) is 23.2. The van der Waals surface area contributed by atoms with Gasteiger partial charge in [0, 0.05) is 13.2 Å². The van der Waals surface area contributed by atoms with E-state index in [1.807, 2.05) is 0 Å². The van der Waals surface area contributed by atoms with E-state index in [2.05, 4.69) is 10.4 Å². The summed E-state index contributed by atoms with van der Waals surface area (Å²) in [7, 11) is 1.43. The van der Waals surface area contributed by atoms with Crippen LogP contribution in [0.3, 0.4) is 0 Å². The van der Waals surface area contributed by atoms with E-state index in [1.165, 1.54) is 20.2 Å². The molecule has 1 fully saturated rings. The quantitative estimate of drug-likeness (QED) is 0.491. The third-order valence-electron chi connectivity index (χ3n) is 4.79. The number of aromatic amines is 1. The van der Waals surface area contributed by atoms with Crippen molar-refractivity contribution < 1.29 is 33.4 Å². The Morgan fingerprint density at radius 3 is 2.50 bits per heavy atom. The van der Waals surface area contributed by atoms with E-state index in [-0.39, 0.29) is 12.0 Å². The number of hydrogen-bond donors (Lipinski definition) is 2. The lowest BCUT2D eigenvalue weighted by Crippen LogP contribution is -2.47. The molecule has 2 rings (SSSR count). The van der Waals surface area contributed by atoms with Crippen molar-refractivity contribution in [3.63, 3.8) is 0 Å². The van der Waals surface area contributed by atoms with Gasteiger partial charge in [-0.1, -0.05) is 20.8 Å². The standard InChI is InChI=1S/C19H27N3O8/c1-6-11-14(30-17(25)9(2)3)10(4)29-19(27)13(8-28-18(11)26)21-15(23)12-7-20-22(5)16(12)24/h7,9-11,13-14,20H,6,8H2,1-5H3,(H,21,23)/t10-,11+,13-,14-/m0/s1. The number of esters is 3. The van der Waals surface area contributed by atoms with Gasteiger partial charge in [0.25, 0.3) is 11.5 Å². The highest BCUT2D eigenvalue weighted by Gasteiger charge is 2.41. The molecule has 0 aromatic carbocycles. The van der Waals surface area contributed by atoms with Crippen LogP contribution >= 0.6 is 0 Å². The van der Waals surface area contributed by atoms with Gasteiger partial charge in [-0.25, -0.2) is 4.79 Å². The van der Waals surface area contributed by atoms with E-state index in [1.54, 1.807) is 20.8 Å². The highest BCUT2D eigenvalue weighted by Crippen LogP contribution is 2.23. The van der Waals surface area contributed by atoms with E-state index in [9.17, 15) is 24.0 Å². The number of H-pyrrole nitrogens is 1. The molecule has 2 N–H and O–H groups in total. The molecule has 1 aliphatic heterocycles. The van der Waals surface area contributed by atoms with E-state index < -0.39 is 66.1 Å². The fourth-order valence-corrected chi connectivity index (χ4v) is 2.94. The minimum Gasteiger partial charge on any atom is -0.463 e. The van der Waals surface area contributed by atoms with Crippen LogP contribution in [0.4, 0.5) is 0 Å². The van der Waals surface area contributed by atoms with Gasteiger partial charge in [-0.05, 0) is 13.3 Å². The van der Waals surface area contributed by atoms with E-state index in [4.69, 9.17) is 14.2 Å². The van der Waals surface area contributed by atoms with Gasteiger partial charge in [-0.3, -0.25) is 23.9 Å². The summed E-state index contributed by atoms with van der Waals surface area (Å²) in [6.45, 7) is 6.02. The van der Waals surface area contributed by atoms with Crippen LogP contribution < -0.4 is 10.9 Å². The van der Waals surface area contributed by atoms with Crippen molar-refractivity contribution in [2.45, 2.75) is 52.4 Å². The van der Waals surface area contributed by atoms with Crippen LogP contribution in [0.5, 0.6) is 0 Å². The number of nitrogens with one attached hydrogen (secondary N) is 2. The maximum absolute atomic E-state index is 12.6. The molecule has 0 spiro atoms. The molecule has 0 aliphatic carbocycles. The molecule has 1 saturated heterocycles. The molecule has 0 bridgehead atoms. The molecule has 4 atom stereocenters. The average molecular weight is 425 g/mol. The fraction of sp³-hybridized carbons (Fsp3) is 0.632. The van der Waals surface area contributed by atoms with E-state index in [0.717, 1.165) is 4.68 Å². The first-order valence-electron chi connectivity index (χ1n) is 9.69. The first-order chi connectivity index (χ1) is 14.1. The van der Waals surface area contributed by atoms with Crippen LogP contribution in [0.1, 0.15) is 44.5 Å². The highest BCUT2D eigenvalue weighted by molar-refractivity contribution is 5.96. The van der Waals surface area contributed by atoms with Crippen LogP contribution in [-0.2, 0) is 35.6 Å². The Kier molecular flexibility index (Phi) is 7.41. The lowest BCUT2D eigenvalue weighted by Gasteiger charge is -2.29. The number of amides is 1. The summed E-state index contributed by atoms with van der Waals surface area (Å²) in [5.41, 5.74) is -0.791. The maximum Gasteiger partial charge on any atom is 0.332 e. The van der Waals surface area contributed by atoms with E-state index >= 15 is 0 Å². The predicted molar refractivity (Wildman–Crippen MR) is 102 cm³/mol. The molecule has 1 aromatic heterocycles. The third kappa shape index (κ3) is 5.08. The Hall–Kier alpha value is -3.11. The van der Waals surface area contributed by atoms with Gasteiger partial charge in [0.1, 0.15) is 18.3 Å². The molecule has 1 aliphatic rings. The average Bonchev–Trinajstić information content (AvgIpc) is 3.03. The Labute approximate surface area is 173 Å². The molecule has 2 heterocycles. The number of rotatable bonds is 5. The summed E-state index contributed by atoms with van der Waals surface area (Å²) in [6.07, 6.45) is -0.516. The minimum atomic E-state index is -1.33. The molecular formula is C19H27N3O8. The molecular weight excluding hydrogens is 398 g/mol. The summed E-state index contributed by atoms with van der Waals surface area (Å²) in [5.74, 6) is -4.20. The van der Waals surface area contributed by atoms with Gasteiger partial charge in [0.15, 0.2) is 12.1 Å². The monoisotopic (exact) mass is 425 g/mol. The summed E-state index contributed by atoms with van der Waals surface area (Å²) in [4.78, 5) is 61.6. The molecule has 30 heavy (non-hydrogen) atoms. The second-order valence-electron chi connectivity index (χ2n) is 7.42. The molecule has 0 saturated carbocycles. The zero-order valence-corrected chi connectivity index (χ0v) is 17.6. The molecule has 0 radical (unpaired) electrons. The molecule has 166 valence electrons. The van der Waals surface area contributed by atoms with Crippen LogP contribution in [-0.4, -0.2) is 58.5 Å². The maximum atomic E-state index is 12.6. The van der Waals surface area contributed by atoms with Gasteiger partial charge in [-0.15, -0.1) is 0 Å². The number of ether oxygens (including phenoxy) is 3. The second kappa shape index (κ2) is 9.59. The molecule has 1 aromatic rings. The summed E-state index contributed by atoms with van der Waals surface area (Å²) >= 11 is 0. The van der Waals surface area contributed by atoms with Crippen molar-refractivity contribution >= 4 is 23.8 Å². The molecule has 11 nitrogen and oxygen atoms in total. The van der Waals surface area contributed by atoms with Gasteiger partial charge < -0.3 is 24.6 Å². The van der Waals surface area contributed by atoms with Crippen molar-refractivity contribution in [2.75, 3.05) is 6.61 Å². The number of carbonyl (C=O) groups is 4. The van der Waals surface area contributed by atoms with Gasteiger partial charge >= 0.3 is 17.9 Å². The lowest BCUT2D eigenvalue weighted by molar-refractivity contribution is -0.176. The summed E-state index contributed by atoms with van der Waals surface area (Å²) in [6, 6.07) is -1.33. The van der Waals surface area contributed by atoms with Gasteiger partial charge in [0.2, 0.25) is 0 Å². The first-order valence-corrected chi connectivity index (χ1v) is 9.69. The minimum absolute atomic E-state index is 0.209. The number of aryl methyl sites for hydroxylation is 1. The zero-order valence-electron chi connectivity index (χ0n) is 17.6. The number of aromatic nitrogens is 2. The summed E-state index contributed by atoms with van der Waals surface area (Å²) in [5, 5.41) is 4.90. The van der Waals surface area contributed by atoms with Crippen molar-refractivity contribution in [3.8, 4) is 0 Å². The van der Waals surface area contributed by atoms with Crippen molar-refractivity contribution in [2.24, 2.45) is 18.9 Å². The SMILES string of the molecule is CC[C@H]1C(=O)OC[C@H](NC(=O)c2c[nH]n(C)c2=O)C(=O)O[C@@H](C)[C@@H]1OC(=O)C(C)C. The third-order valence-corrected chi connectivity index (χ3v) is 4.79. The smallest absolute Gasteiger partial charge is 0.332 e. The Bertz CT molecular complexity index is 871. The number of cyclic esters (lactones) is 2. The number of carbonyl (C=O) groups excluding carboxylic acids is 4. The molecule has 11 heteroatoms. The number of nitrogens with zero attached hydrogens (tertiary/aromatic N) is 1. The zero-order chi connectivity index (χ0) is 22.6. The lowest BCUT2D eigenvalue weighted by atomic mass is 9.95. The van der Waals surface area contributed by atoms with Crippen LogP contribution in [0, 0.1) is 11.8 Å². The van der Waals surface area contributed by atoms with Crippen molar-refractivity contribution in [1.29, 1.82) is 0 Å². The van der Waals surface area contributed by atoms with Gasteiger partial charge in [-0.2, -0.15) is 0 Å². The van der Waals surface area contributed by atoms with Crippen LogP contribution in [0.15, 0.2) is 11.0 Å².